The fraction of sp³-hybridized carbons (Fsp3) is 0.571. The molecule has 0 spiro atoms. The van der Waals surface area contributed by atoms with Gasteiger partial charge < -0.3 is 19.3 Å². The molecule has 2 amide bonds. The van der Waals surface area contributed by atoms with Crippen LogP contribution in [-0.2, 0) is 11.3 Å². The Morgan fingerprint density at radius 1 is 1.55 bits per heavy atom. The number of carbonyl (C=O) groups excluding carboxylic acids is 1. The first-order valence-corrected chi connectivity index (χ1v) is 6.80. The lowest BCUT2D eigenvalue weighted by Crippen LogP contribution is -2.55. The number of hydrogen-bond donors (Lipinski definition) is 1. The lowest BCUT2D eigenvalue weighted by Gasteiger charge is -2.36. The van der Waals surface area contributed by atoms with Gasteiger partial charge in [0, 0.05) is 13.6 Å². The molecule has 0 aromatic carbocycles. The van der Waals surface area contributed by atoms with Gasteiger partial charge in [-0.15, -0.1) is 0 Å². The molecule has 1 N–H and O–H groups in total. The average molecular weight is 280 g/mol. The topological polar surface area (TPSA) is 74.0 Å². The summed E-state index contributed by atoms with van der Waals surface area (Å²) in [5.41, 5.74) is -1.06. The number of furan rings is 1. The minimum absolute atomic E-state index is 0.261. The van der Waals surface area contributed by atoms with Gasteiger partial charge in [0.15, 0.2) is 0 Å². The van der Waals surface area contributed by atoms with Crippen molar-refractivity contribution in [3.8, 4) is 0 Å². The summed E-state index contributed by atoms with van der Waals surface area (Å²) in [7, 11) is 1.66. The minimum Gasteiger partial charge on any atom is -0.479 e. The molecule has 1 unspecified atom stereocenters. The van der Waals surface area contributed by atoms with Crippen LogP contribution in [0.2, 0.25) is 0 Å². The van der Waals surface area contributed by atoms with Crippen LogP contribution in [-0.4, -0.2) is 46.0 Å². The number of carboxylic acids is 1. The number of amides is 2. The van der Waals surface area contributed by atoms with Crippen molar-refractivity contribution in [2.24, 2.45) is 0 Å². The Morgan fingerprint density at radius 3 is 2.85 bits per heavy atom. The third-order valence-corrected chi connectivity index (χ3v) is 4.00. The van der Waals surface area contributed by atoms with Crippen LogP contribution < -0.4 is 0 Å². The van der Waals surface area contributed by atoms with Gasteiger partial charge in [-0.25, -0.2) is 9.59 Å². The number of likely N-dealkylation sites (tertiary alicyclic amines) is 1. The second-order valence-corrected chi connectivity index (χ2v) is 5.16. The molecule has 1 fully saturated rings. The molecule has 1 aliphatic rings. The summed E-state index contributed by atoms with van der Waals surface area (Å²) in [5.74, 6) is -0.241. The number of rotatable bonds is 4. The SMILES string of the molecule is CCC1(C(=O)O)CCCN1C(=O)N(C)Cc1ccco1. The van der Waals surface area contributed by atoms with E-state index in [0.717, 1.165) is 6.42 Å². The fourth-order valence-corrected chi connectivity index (χ4v) is 2.81. The molecular formula is C14H20N2O4. The van der Waals surface area contributed by atoms with Crippen molar-refractivity contribution >= 4 is 12.0 Å². The highest BCUT2D eigenvalue weighted by Gasteiger charge is 2.49. The zero-order valence-electron chi connectivity index (χ0n) is 11.8. The smallest absolute Gasteiger partial charge is 0.329 e. The molecule has 1 saturated heterocycles. The van der Waals surface area contributed by atoms with E-state index in [4.69, 9.17) is 4.42 Å². The number of nitrogens with zero attached hydrogens (tertiary/aromatic N) is 2. The lowest BCUT2D eigenvalue weighted by molar-refractivity contribution is -0.148. The first-order valence-electron chi connectivity index (χ1n) is 6.80. The van der Waals surface area contributed by atoms with Gasteiger partial charge >= 0.3 is 12.0 Å². The zero-order chi connectivity index (χ0) is 14.8. The average Bonchev–Trinajstić information content (AvgIpc) is 3.06. The highest BCUT2D eigenvalue weighted by molar-refractivity contribution is 5.87. The summed E-state index contributed by atoms with van der Waals surface area (Å²) < 4.78 is 5.21. The Balaban J connectivity index is 2.13. The Kier molecular flexibility index (Phi) is 4.01. The van der Waals surface area contributed by atoms with Gasteiger partial charge in [-0.1, -0.05) is 6.92 Å². The van der Waals surface area contributed by atoms with Crippen LogP contribution in [0.25, 0.3) is 0 Å². The van der Waals surface area contributed by atoms with Crippen molar-refractivity contribution < 1.29 is 19.1 Å². The Bertz CT molecular complexity index is 485. The molecule has 0 saturated carbocycles. The molecule has 6 heteroatoms. The third kappa shape index (κ3) is 2.37. The van der Waals surface area contributed by atoms with Crippen LogP contribution in [0.1, 0.15) is 31.9 Å². The summed E-state index contributed by atoms with van der Waals surface area (Å²) in [4.78, 5) is 27.1. The summed E-state index contributed by atoms with van der Waals surface area (Å²) in [6, 6.07) is 3.29. The van der Waals surface area contributed by atoms with Gasteiger partial charge in [-0.2, -0.15) is 0 Å². The lowest BCUT2D eigenvalue weighted by atomic mass is 9.93. The molecule has 1 aliphatic heterocycles. The predicted molar refractivity (Wildman–Crippen MR) is 72.2 cm³/mol. The highest BCUT2D eigenvalue weighted by atomic mass is 16.4. The van der Waals surface area contributed by atoms with Gasteiger partial charge in [-0.05, 0) is 31.4 Å². The number of aliphatic carboxylic acids is 1. The summed E-state index contributed by atoms with van der Waals surface area (Å²) >= 11 is 0. The van der Waals surface area contributed by atoms with Crippen LogP contribution in [0, 0.1) is 0 Å². The maximum Gasteiger partial charge on any atom is 0.329 e. The van der Waals surface area contributed by atoms with Gasteiger partial charge in [0.25, 0.3) is 0 Å². The van der Waals surface area contributed by atoms with E-state index >= 15 is 0 Å². The second-order valence-electron chi connectivity index (χ2n) is 5.16. The predicted octanol–water partition coefficient (Wildman–Crippen LogP) is 2.16. The highest BCUT2D eigenvalue weighted by Crippen LogP contribution is 2.33. The standard InChI is InChI=1S/C14H20N2O4/c1-3-14(12(17)18)7-5-8-16(14)13(19)15(2)10-11-6-4-9-20-11/h4,6,9H,3,5,7-8,10H2,1-2H3,(H,17,18). The molecule has 20 heavy (non-hydrogen) atoms. The Morgan fingerprint density at radius 2 is 2.30 bits per heavy atom. The Hall–Kier alpha value is -1.98. The minimum atomic E-state index is -1.06. The van der Waals surface area contributed by atoms with Crippen LogP contribution in [0.15, 0.2) is 22.8 Å². The summed E-state index contributed by atoms with van der Waals surface area (Å²) in [6.45, 7) is 2.63. The fourth-order valence-electron chi connectivity index (χ4n) is 2.81. The van der Waals surface area contributed by atoms with E-state index in [-0.39, 0.29) is 6.03 Å². The van der Waals surface area contributed by atoms with Gasteiger partial charge in [-0.3, -0.25) is 0 Å². The molecule has 1 aromatic rings. The molecule has 2 heterocycles. The number of urea groups is 1. The monoisotopic (exact) mass is 280 g/mol. The van der Waals surface area contributed by atoms with Crippen molar-refractivity contribution in [2.45, 2.75) is 38.3 Å². The summed E-state index contributed by atoms with van der Waals surface area (Å²) in [5, 5.41) is 9.49. The van der Waals surface area contributed by atoms with E-state index in [2.05, 4.69) is 0 Å². The molecule has 0 bridgehead atoms. The maximum absolute atomic E-state index is 12.5. The number of carbonyl (C=O) groups is 2. The molecule has 6 nitrogen and oxygen atoms in total. The molecule has 0 radical (unpaired) electrons. The van der Waals surface area contributed by atoms with E-state index in [1.807, 2.05) is 6.92 Å². The quantitative estimate of drug-likeness (QED) is 0.917. The normalized spacial score (nSPS) is 22.0. The largest absolute Gasteiger partial charge is 0.479 e. The van der Waals surface area contributed by atoms with Gasteiger partial charge in [0.1, 0.15) is 11.3 Å². The van der Waals surface area contributed by atoms with Crippen molar-refractivity contribution in [2.75, 3.05) is 13.6 Å². The van der Waals surface area contributed by atoms with Crippen molar-refractivity contribution in [3.05, 3.63) is 24.2 Å². The number of carboxylic acid groups (broad SMARTS) is 1. The van der Waals surface area contributed by atoms with E-state index < -0.39 is 11.5 Å². The Labute approximate surface area is 118 Å². The number of hydrogen-bond acceptors (Lipinski definition) is 3. The van der Waals surface area contributed by atoms with Crippen molar-refractivity contribution in [1.29, 1.82) is 0 Å². The van der Waals surface area contributed by atoms with E-state index in [0.29, 0.717) is 31.7 Å². The van der Waals surface area contributed by atoms with E-state index in [1.54, 1.807) is 25.4 Å². The van der Waals surface area contributed by atoms with Crippen molar-refractivity contribution in [3.63, 3.8) is 0 Å². The van der Waals surface area contributed by atoms with Crippen LogP contribution in [0.5, 0.6) is 0 Å². The van der Waals surface area contributed by atoms with E-state index in [1.165, 1.54) is 9.80 Å². The molecule has 110 valence electrons. The summed E-state index contributed by atoms with van der Waals surface area (Å²) in [6.07, 6.45) is 3.21. The van der Waals surface area contributed by atoms with Crippen molar-refractivity contribution in [1.82, 2.24) is 9.80 Å². The van der Waals surface area contributed by atoms with Crippen LogP contribution in [0.4, 0.5) is 4.79 Å². The molecule has 1 atom stereocenters. The van der Waals surface area contributed by atoms with Crippen LogP contribution in [0.3, 0.4) is 0 Å². The molecule has 1 aromatic heterocycles. The first-order chi connectivity index (χ1) is 9.51. The van der Waals surface area contributed by atoms with E-state index in [9.17, 15) is 14.7 Å². The van der Waals surface area contributed by atoms with Gasteiger partial charge in [0.05, 0.1) is 12.8 Å². The van der Waals surface area contributed by atoms with Gasteiger partial charge in [0.2, 0.25) is 0 Å². The van der Waals surface area contributed by atoms with Crippen LogP contribution >= 0.6 is 0 Å². The molecule has 0 aliphatic carbocycles. The second kappa shape index (κ2) is 5.56. The maximum atomic E-state index is 12.5. The molecule has 2 rings (SSSR count). The zero-order valence-corrected chi connectivity index (χ0v) is 11.8. The first kappa shape index (κ1) is 14.4. The molecular weight excluding hydrogens is 260 g/mol. The third-order valence-electron chi connectivity index (χ3n) is 4.00.